The van der Waals surface area contributed by atoms with Crippen molar-refractivity contribution in [2.45, 2.75) is 51.6 Å². The van der Waals surface area contributed by atoms with Crippen molar-refractivity contribution in [2.75, 3.05) is 13.1 Å². The fraction of sp³-hybridized carbons (Fsp3) is 0.417. The largest absolute Gasteiger partial charge is 0.347 e. The number of sulfonamides is 1. The molecule has 3 aromatic rings. The van der Waals surface area contributed by atoms with Gasteiger partial charge in [0, 0.05) is 23.5 Å². The highest BCUT2D eigenvalue weighted by atomic mass is 32.2. The highest BCUT2D eigenvalue weighted by Gasteiger charge is 2.32. The topological polar surface area (TPSA) is 84.3 Å². The van der Waals surface area contributed by atoms with Crippen LogP contribution in [0.2, 0.25) is 0 Å². The minimum absolute atomic E-state index is 0.120. The number of nitrogens with zero attached hydrogens (tertiary/aromatic N) is 3. The van der Waals surface area contributed by atoms with Crippen molar-refractivity contribution < 1.29 is 13.2 Å². The molecule has 1 aromatic carbocycles. The first-order chi connectivity index (χ1) is 15.8. The van der Waals surface area contributed by atoms with E-state index in [1.807, 2.05) is 36.6 Å². The fourth-order valence-electron chi connectivity index (χ4n) is 4.18. The van der Waals surface area contributed by atoms with E-state index in [1.165, 1.54) is 0 Å². The Balaban J connectivity index is 1.45. The molecule has 176 valence electrons. The molecule has 1 N–H and O–H groups in total. The Morgan fingerprint density at radius 1 is 1.15 bits per heavy atom. The standard InChI is InChI=1S/C24H30N4O3S2/c1-17-10-12-27(13-11-17)33(30,31)23-18(2)26-28(19(23)3)16-20-6-8-21(9-7-20)24(29)25-15-22-5-4-14-32-22/h4-9,14,17H,10-13,15-16H2,1-3H3,(H,25,29). The van der Waals surface area contributed by atoms with Crippen molar-refractivity contribution in [3.05, 3.63) is 69.2 Å². The van der Waals surface area contributed by atoms with Crippen LogP contribution in [0.15, 0.2) is 46.7 Å². The van der Waals surface area contributed by atoms with E-state index in [9.17, 15) is 13.2 Å². The second-order valence-electron chi connectivity index (χ2n) is 8.70. The number of hydrogen-bond acceptors (Lipinski definition) is 5. The zero-order valence-corrected chi connectivity index (χ0v) is 20.9. The SMILES string of the molecule is Cc1nn(Cc2ccc(C(=O)NCc3cccs3)cc2)c(C)c1S(=O)(=O)N1CCC(C)CC1. The summed E-state index contributed by atoms with van der Waals surface area (Å²) in [5.74, 6) is 0.437. The summed E-state index contributed by atoms with van der Waals surface area (Å²) in [4.78, 5) is 13.8. The molecule has 1 amide bonds. The maximum Gasteiger partial charge on any atom is 0.251 e. The zero-order chi connectivity index (χ0) is 23.6. The van der Waals surface area contributed by atoms with Gasteiger partial charge in [0.1, 0.15) is 4.90 Å². The van der Waals surface area contributed by atoms with E-state index in [0.717, 1.165) is 23.3 Å². The van der Waals surface area contributed by atoms with Crippen LogP contribution in [0.1, 0.15) is 52.0 Å². The predicted molar refractivity (Wildman–Crippen MR) is 130 cm³/mol. The van der Waals surface area contributed by atoms with E-state index in [-0.39, 0.29) is 5.91 Å². The molecule has 7 nitrogen and oxygen atoms in total. The highest BCUT2D eigenvalue weighted by molar-refractivity contribution is 7.89. The van der Waals surface area contributed by atoms with Crippen molar-refractivity contribution in [1.82, 2.24) is 19.4 Å². The van der Waals surface area contributed by atoms with Gasteiger partial charge in [-0.2, -0.15) is 9.40 Å². The molecule has 9 heteroatoms. The Morgan fingerprint density at radius 2 is 1.85 bits per heavy atom. The first kappa shape index (κ1) is 23.7. The normalized spacial score (nSPS) is 15.6. The molecule has 0 bridgehead atoms. The molecule has 1 aliphatic heterocycles. The molecule has 1 saturated heterocycles. The number of nitrogens with one attached hydrogen (secondary N) is 1. The number of aryl methyl sites for hydroxylation is 1. The van der Waals surface area contributed by atoms with Crippen LogP contribution in [0.5, 0.6) is 0 Å². The van der Waals surface area contributed by atoms with Gasteiger partial charge in [-0.05, 0) is 61.7 Å². The number of piperidine rings is 1. The van der Waals surface area contributed by atoms with E-state index in [4.69, 9.17) is 0 Å². The van der Waals surface area contributed by atoms with Crippen LogP contribution in [0.3, 0.4) is 0 Å². The van der Waals surface area contributed by atoms with Crippen LogP contribution in [-0.4, -0.2) is 41.5 Å². The Labute approximate surface area is 199 Å². The van der Waals surface area contributed by atoms with E-state index in [1.54, 1.807) is 39.4 Å². The Bertz CT molecular complexity index is 1210. The lowest BCUT2D eigenvalue weighted by Crippen LogP contribution is -2.38. The number of carbonyl (C=O) groups is 1. The van der Waals surface area contributed by atoms with Crippen molar-refractivity contribution in [3.63, 3.8) is 0 Å². The van der Waals surface area contributed by atoms with Crippen molar-refractivity contribution in [1.29, 1.82) is 0 Å². The average molecular weight is 487 g/mol. The number of thiophene rings is 1. The van der Waals surface area contributed by atoms with Crippen LogP contribution in [0.25, 0.3) is 0 Å². The summed E-state index contributed by atoms with van der Waals surface area (Å²) in [7, 11) is -3.56. The van der Waals surface area contributed by atoms with Gasteiger partial charge in [-0.3, -0.25) is 9.48 Å². The van der Waals surface area contributed by atoms with E-state index < -0.39 is 10.0 Å². The van der Waals surface area contributed by atoms with Gasteiger partial charge in [-0.1, -0.05) is 25.1 Å². The van der Waals surface area contributed by atoms with Gasteiger partial charge in [0.2, 0.25) is 10.0 Å². The second-order valence-corrected chi connectivity index (χ2v) is 11.6. The van der Waals surface area contributed by atoms with Gasteiger partial charge < -0.3 is 5.32 Å². The van der Waals surface area contributed by atoms with Gasteiger partial charge in [0.05, 0.1) is 24.5 Å². The third-order valence-corrected chi connectivity index (χ3v) is 9.24. The van der Waals surface area contributed by atoms with E-state index in [0.29, 0.717) is 53.9 Å². The number of amides is 1. The number of hydrogen-bond donors (Lipinski definition) is 1. The maximum atomic E-state index is 13.3. The lowest BCUT2D eigenvalue weighted by atomic mass is 10.0. The zero-order valence-electron chi connectivity index (χ0n) is 19.2. The maximum absolute atomic E-state index is 13.3. The smallest absolute Gasteiger partial charge is 0.251 e. The second kappa shape index (κ2) is 9.79. The van der Waals surface area contributed by atoms with E-state index >= 15 is 0 Å². The van der Waals surface area contributed by atoms with Gasteiger partial charge in [0.25, 0.3) is 5.91 Å². The Hall–Kier alpha value is -2.49. The summed E-state index contributed by atoms with van der Waals surface area (Å²) >= 11 is 1.61. The molecule has 0 aliphatic carbocycles. The number of rotatable bonds is 7. The van der Waals surface area contributed by atoms with Gasteiger partial charge in [-0.15, -0.1) is 11.3 Å². The summed E-state index contributed by atoms with van der Waals surface area (Å²) in [6.45, 7) is 7.80. The molecule has 0 radical (unpaired) electrons. The number of benzene rings is 1. The monoisotopic (exact) mass is 486 g/mol. The quantitative estimate of drug-likeness (QED) is 0.548. The fourth-order valence-corrected chi connectivity index (χ4v) is 6.67. The van der Waals surface area contributed by atoms with E-state index in [2.05, 4.69) is 17.3 Å². The van der Waals surface area contributed by atoms with Crippen molar-refractivity contribution >= 4 is 27.3 Å². The molecule has 4 rings (SSSR count). The summed E-state index contributed by atoms with van der Waals surface area (Å²) in [6.07, 6.45) is 1.78. The average Bonchev–Trinajstić information content (AvgIpc) is 3.40. The van der Waals surface area contributed by atoms with Crippen LogP contribution >= 0.6 is 11.3 Å². The molecule has 33 heavy (non-hydrogen) atoms. The summed E-state index contributed by atoms with van der Waals surface area (Å²) in [5, 5.41) is 9.44. The van der Waals surface area contributed by atoms with Gasteiger partial charge >= 0.3 is 0 Å². The summed E-state index contributed by atoms with van der Waals surface area (Å²) < 4.78 is 29.9. The Kier molecular flexibility index (Phi) is 7.02. The summed E-state index contributed by atoms with van der Waals surface area (Å²) in [5.41, 5.74) is 2.71. The van der Waals surface area contributed by atoms with Crippen molar-refractivity contribution in [3.8, 4) is 0 Å². The van der Waals surface area contributed by atoms with Crippen LogP contribution in [-0.2, 0) is 23.1 Å². The molecule has 1 fully saturated rings. The third-order valence-electron chi connectivity index (χ3n) is 6.21. The van der Waals surface area contributed by atoms with Crippen LogP contribution in [0, 0.1) is 19.8 Å². The number of carbonyl (C=O) groups excluding carboxylic acids is 1. The van der Waals surface area contributed by atoms with Crippen LogP contribution < -0.4 is 5.32 Å². The van der Waals surface area contributed by atoms with Gasteiger partial charge in [0.15, 0.2) is 0 Å². The number of aromatic nitrogens is 2. The predicted octanol–water partition coefficient (Wildman–Crippen LogP) is 3.96. The highest BCUT2D eigenvalue weighted by Crippen LogP contribution is 2.28. The first-order valence-electron chi connectivity index (χ1n) is 11.2. The van der Waals surface area contributed by atoms with Crippen LogP contribution in [0.4, 0.5) is 0 Å². The minimum atomic E-state index is -3.56. The molecule has 3 heterocycles. The lowest BCUT2D eigenvalue weighted by molar-refractivity contribution is 0.0951. The first-order valence-corrected chi connectivity index (χ1v) is 13.5. The minimum Gasteiger partial charge on any atom is -0.347 e. The molecule has 0 atom stereocenters. The molecule has 0 unspecified atom stereocenters. The molecule has 1 aliphatic rings. The van der Waals surface area contributed by atoms with Crippen molar-refractivity contribution in [2.24, 2.45) is 5.92 Å². The molecular formula is C24H30N4O3S2. The third kappa shape index (κ3) is 5.20. The Morgan fingerprint density at radius 3 is 2.48 bits per heavy atom. The lowest BCUT2D eigenvalue weighted by Gasteiger charge is -2.29. The summed E-state index contributed by atoms with van der Waals surface area (Å²) in [6, 6.07) is 11.3. The van der Waals surface area contributed by atoms with Gasteiger partial charge in [-0.25, -0.2) is 8.42 Å². The molecule has 0 saturated carbocycles. The molecule has 2 aromatic heterocycles. The molecular weight excluding hydrogens is 456 g/mol. The molecule has 0 spiro atoms.